The maximum absolute atomic E-state index is 10.8. The van der Waals surface area contributed by atoms with Crippen LogP contribution in [0.25, 0.3) is 0 Å². The third kappa shape index (κ3) is 4.39. The van der Waals surface area contributed by atoms with Gasteiger partial charge >= 0.3 is 5.97 Å². The molecule has 0 aromatic carbocycles. The minimum atomic E-state index is -1.53. The van der Waals surface area contributed by atoms with E-state index in [1.807, 2.05) is 0 Å². The normalized spacial score (nSPS) is 14.4. The molecule has 0 aromatic rings. The highest BCUT2D eigenvalue weighted by molar-refractivity contribution is 5.86. The minimum Gasteiger partial charge on any atom is -0.459 e. The van der Waals surface area contributed by atoms with Crippen molar-refractivity contribution in [3.05, 3.63) is 12.2 Å². The average Bonchev–Trinajstić information content (AvgIpc) is 2.11. The van der Waals surface area contributed by atoms with Gasteiger partial charge in [-0.1, -0.05) is 6.58 Å². The molecular weight excluding hydrogens is 176 g/mol. The van der Waals surface area contributed by atoms with Gasteiger partial charge < -0.3 is 19.7 Å². The van der Waals surface area contributed by atoms with Crippen LogP contribution in [0, 0.1) is 0 Å². The first-order chi connectivity index (χ1) is 5.99. The lowest BCUT2D eigenvalue weighted by atomic mass is 10.2. The van der Waals surface area contributed by atoms with Crippen LogP contribution in [0.3, 0.4) is 0 Å². The van der Waals surface area contributed by atoms with Crippen LogP contribution >= 0.6 is 0 Å². The van der Waals surface area contributed by atoms with Crippen molar-refractivity contribution >= 4 is 12.3 Å². The molecule has 0 saturated carbocycles. The third-order valence-electron chi connectivity index (χ3n) is 1.27. The van der Waals surface area contributed by atoms with E-state index >= 15 is 0 Å². The number of carbonyl (C=O) groups is 2. The fraction of sp³-hybridized carbons (Fsp3) is 0.500. The Labute approximate surface area is 75.6 Å². The fourth-order valence-electron chi connectivity index (χ4n) is 0.474. The quantitative estimate of drug-likeness (QED) is 0.329. The van der Waals surface area contributed by atoms with E-state index in [0.717, 1.165) is 0 Å². The molecule has 0 amide bonds. The molecule has 0 unspecified atom stereocenters. The summed E-state index contributed by atoms with van der Waals surface area (Å²) >= 11 is 0. The number of hydrogen-bond donors (Lipinski definition) is 2. The van der Waals surface area contributed by atoms with Crippen LogP contribution in [0.5, 0.6) is 0 Å². The molecule has 0 fully saturated rings. The number of aliphatic hydroxyl groups is 2. The van der Waals surface area contributed by atoms with Crippen molar-refractivity contribution in [3.8, 4) is 0 Å². The largest absolute Gasteiger partial charge is 0.459 e. The smallest absolute Gasteiger partial charge is 0.333 e. The molecule has 0 heterocycles. The van der Waals surface area contributed by atoms with E-state index in [-0.39, 0.29) is 11.9 Å². The Morgan fingerprint density at radius 1 is 1.62 bits per heavy atom. The molecule has 13 heavy (non-hydrogen) atoms. The Morgan fingerprint density at radius 3 is 2.54 bits per heavy atom. The Hall–Kier alpha value is -1.20. The summed E-state index contributed by atoms with van der Waals surface area (Å²) in [5, 5.41) is 17.7. The second kappa shape index (κ2) is 5.45. The lowest BCUT2D eigenvalue weighted by molar-refractivity contribution is -0.145. The van der Waals surface area contributed by atoms with Gasteiger partial charge in [-0.3, -0.25) is 0 Å². The molecule has 0 bridgehead atoms. The number of esters is 1. The standard InChI is InChI=1S/C8H12O5/c1-5(2)8(12)13-4-7(11)6(10)3-9/h3,6-7,10-11H,1,4H2,2H3/t6-,7-/m1/s1. The molecule has 0 aliphatic rings. The van der Waals surface area contributed by atoms with Gasteiger partial charge in [-0.25, -0.2) is 4.79 Å². The fourth-order valence-corrected chi connectivity index (χ4v) is 0.474. The maximum atomic E-state index is 10.8. The molecule has 2 N–H and O–H groups in total. The van der Waals surface area contributed by atoms with E-state index < -0.39 is 24.8 Å². The van der Waals surface area contributed by atoms with Gasteiger partial charge in [0.05, 0.1) is 0 Å². The molecule has 0 aliphatic carbocycles. The highest BCUT2D eigenvalue weighted by Gasteiger charge is 2.17. The first-order valence-corrected chi connectivity index (χ1v) is 3.63. The van der Waals surface area contributed by atoms with Crippen LogP contribution in [0.4, 0.5) is 0 Å². The molecule has 0 saturated heterocycles. The molecule has 0 aromatic heterocycles. The van der Waals surface area contributed by atoms with Crippen molar-refractivity contribution < 1.29 is 24.5 Å². The summed E-state index contributed by atoms with van der Waals surface area (Å²) in [5.74, 6) is -0.669. The zero-order chi connectivity index (χ0) is 10.4. The van der Waals surface area contributed by atoms with Gasteiger partial charge in [0, 0.05) is 5.57 Å². The third-order valence-corrected chi connectivity index (χ3v) is 1.27. The lowest BCUT2D eigenvalue weighted by Crippen LogP contribution is -2.32. The average molecular weight is 188 g/mol. The first kappa shape index (κ1) is 11.8. The monoisotopic (exact) mass is 188 g/mol. The second-order valence-electron chi connectivity index (χ2n) is 2.57. The second-order valence-corrected chi connectivity index (χ2v) is 2.57. The Kier molecular flexibility index (Phi) is 4.94. The topological polar surface area (TPSA) is 83.8 Å². The number of hydrogen-bond acceptors (Lipinski definition) is 5. The zero-order valence-electron chi connectivity index (χ0n) is 7.27. The number of rotatable bonds is 5. The summed E-state index contributed by atoms with van der Waals surface area (Å²) in [6, 6.07) is 0. The van der Waals surface area contributed by atoms with Gasteiger partial charge in [-0.05, 0) is 6.92 Å². The Bertz CT molecular complexity index is 211. The van der Waals surface area contributed by atoms with E-state index in [1.165, 1.54) is 6.92 Å². The predicted octanol–water partition coefficient (Wildman–Crippen LogP) is -0.974. The first-order valence-electron chi connectivity index (χ1n) is 3.63. The molecule has 0 radical (unpaired) electrons. The molecule has 0 spiro atoms. The number of carbonyl (C=O) groups excluding carboxylic acids is 2. The lowest BCUT2D eigenvalue weighted by Gasteiger charge is -2.12. The van der Waals surface area contributed by atoms with Gasteiger partial charge in [0.2, 0.25) is 0 Å². The van der Waals surface area contributed by atoms with Crippen molar-refractivity contribution in [1.29, 1.82) is 0 Å². The minimum absolute atomic E-state index is 0.166. The van der Waals surface area contributed by atoms with Gasteiger partial charge in [-0.2, -0.15) is 0 Å². The molecule has 2 atom stereocenters. The highest BCUT2D eigenvalue weighted by atomic mass is 16.5. The van der Waals surface area contributed by atoms with Crippen LogP contribution in [0.2, 0.25) is 0 Å². The summed E-state index contributed by atoms with van der Waals surface area (Å²) in [4.78, 5) is 20.7. The Morgan fingerprint density at radius 2 is 2.15 bits per heavy atom. The summed E-state index contributed by atoms with van der Waals surface area (Å²) < 4.78 is 4.48. The van der Waals surface area contributed by atoms with Crippen LogP contribution in [0.1, 0.15) is 6.92 Å². The van der Waals surface area contributed by atoms with Crippen LogP contribution < -0.4 is 0 Å². The van der Waals surface area contributed by atoms with Gasteiger partial charge in [-0.15, -0.1) is 0 Å². The van der Waals surface area contributed by atoms with Gasteiger partial charge in [0.25, 0.3) is 0 Å². The zero-order valence-corrected chi connectivity index (χ0v) is 7.27. The van der Waals surface area contributed by atoms with Crippen molar-refractivity contribution in [3.63, 3.8) is 0 Å². The summed E-state index contributed by atoms with van der Waals surface area (Å²) in [6.45, 7) is 4.33. The van der Waals surface area contributed by atoms with Crippen molar-refractivity contribution in [2.45, 2.75) is 19.1 Å². The van der Waals surface area contributed by atoms with Crippen LogP contribution in [-0.2, 0) is 14.3 Å². The van der Waals surface area contributed by atoms with E-state index in [2.05, 4.69) is 11.3 Å². The maximum Gasteiger partial charge on any atom is 0.333 e. The Balaban J connectivity index is 3.82. The van der Waals surface area contributed by atoms with E-state index in [9.17, 15) is 9.59 Å². The highest BCUT2D eigenvalue weighted by Crippen LogP contribution is 1.96. The summed E-state index contributed by atoms with van der Waals surface area (Å²) in [7, 11) is 0. The number of aldehydes is 1. The van der Waals surface area contributed by atoms with E-state index in [4.69, 9.17) is 10.2 Å². The van der Waals surface area contributed by atoms with E-state index in [1.54, 1.807) is 0 Å². The SMILES string of the molecule is C=C(C)C(=O)OC[C@@H](O)[C@H](O)C=O. The van der Waals surface area contributed by atoms with Gasteiger partial charge in [0.1, 0.15) is 18.8 Å². The molecule has 5 heteroatoms. The number of ether oxygens (including phenoxy) is 1. The van der Waals surface area contributed by atoms with Crippen LogP contribution in [-0.4, -0.2) is 41.3 Å². The summed E-state index contributed by atoms with van der Waals surface area (Å²) in [6.07, 6.45) is -2.75. The van der Waals surface area contributed by atoms with Gasteiger partial charge in [0.15, 0.2) is 6.29 Å². The molecule has 0 aliphatic heterocycles. The van der Waals surface area contributed by atoms with Crippen molar-refractivity contribution in [1.82, 2.24) is 0 Å². The van der Waals surface area contributed by atoms with Crippen molar-refractivity contribution in [2.24, 2.45) is 0 Å². The number of aliphatic hydroxyl groups excluding tert-OH is 2. The van der Waals surface area contributed by atoms with E-state index in [0.29, 0.717) is 0 Å². The molecular formula is C8H12O5. The van der Waals surface area contributed by atoms with Crippen LogP contribution in [0.15, 0.2) is 12.2 Å². The molecule has 5 nitrogen and oxygen atoms in total. The summed E-state index contributed by atoms with van der Waals surface area (Å²) in [5.41, 5.74) is 0.188. The molecule has 74 valence electrons. The van der Waals surface area contributed by atoms with Crippen molar-refractivity contribution in [2.75, 3.05) is 6.61 Å². The molecule has 0 rings (SSSR count). The predicted molar refractivity (Wildman–Crippen MR) is 43.9 cm³/mol.